The third kappa shape index (κ3) is 3.14. The lowest BCUT2D eigenvalue weighted by Gasteiger charge is -2.31. The first kappa shape index (κ1) is 15.7. The minimum absolute atomic E-state index is 0.0596. The van der Waals surface area contributed by atoms with Crippen molar-refractivity contribution >= 4 is 21.6 Å². The van der Waals surface area contributed by atoms with Gasteiger partial charge in [-0.2, -0.15) is 4.31 Å². The Labute approximate surface area is 123 Å². The Morgan fingerprint density at radius 2 is 2.25 bits per heavy atom. The number of hydrogen-bond donors (Lipinski definition) is 0. The van der Waals surface area contributed by atoms with E-state index in [2.05, 4.69) is 0 Å². The molecule has 1 aromatic rings. The second-order valence-electron chi connectivity index (χ2n) is 4.65. The zero-order valence-electron chi connectivity index (χ0n) is 11.2. The number of halogens is 2. The fourth-order valence-corrected chi connectivity index (χ4v) is 3.83. The highest BCUT2D eigenvalue weighted by Gasteiger charge is 2.30. The monoisotopic (exact) mass is 321 g/mol. The van der Waals surface area contributed by atoms with Crippen molar-refractivity contribution in [2.24, 2.45) is 0 Å². The summed E-state index contributed by atoms with van der Waals surface area (Å²) < 4.78 is 45.3. The lowest BCUT2D eigenvalue weighted by Crippen LogP contribution is -2.45. The highest BCUT2D eigenvalue weighted by Crippen LogP contribution is 2.22. The normalized spacial score (nSPS) is 21.1. The molecule has 1 aromatic carbocycles. The van der Waals surface area contributed by atoms with Gasteiger partial charge in [0.25, 0.3) is 0 Å². The van der Waals surface area contributed by atoms with Gasteiger partial charge in [0.05, 0.1) is 23.5 Å². The molecule has 0 amide bonds. The summed E-state index contributed by atoms with van der Waals surface area (Å²) in [6.45, 7) is 2.96. The molecular formula is C13H17ClFNO3S. The van der Waals surface area contributed by atoms with E-state index in [1.807, 2.05) is 6.92 Å². The van der Waals surface area contributed by atoms with Crippen LogP contribution < -0.4 is 0 Å². The van der Waals surface area contributed by atoms with Crippen LogP contribution in [0.4, 0.5) is 4.39 Å². The molecule has 0 N–H and O–H groups in total. The smallest absolute Gasteiger partial charge is 0.243 e. The average molecular weight is 322 g/mol. The second kappa shape index (κ2) is 6.39. The molecule has 0 aromatic heterocycles. The highest BCUT2D eigenvalue weighted by molar-refractivity contribution is 7.89. The van der Waals surface area contributed by atoms with E-state index in [1.54, 1.807) is 0 Å². The standard InChI is InChI=1S/C13H17ClFNO3S/c1-2-11-9-16(5-6-19-11)20(17,18)12-3-4-13(15)10(7-12)8-14/h3-4,7,11H,2,5-6,8-9H2,1H3. The minimum atomic E-state index is -3.63. The summed E-state index contributed by atoms with van der Waals surface area (Å²) in [5, 5.41) is 0. The molecule has 1 unspecified atom stereocenters. The van der Waals surface area contributed by atoms with Crippen molar-refractivity contribution in [1.82, 2.24) is 4.31 Å². The first-order chi connectivity index (χ1) is 9.48. The zero-order chi connectivity index (χ0) is 14.8. The number of nitrogens with zero attached hydrogens (tertiary/aromatic N) is 1. The predicted molar refractivity (Wildman–Crippen MR) is 74.7 cm³/mol. The van der Waals surface area contributed by atoms with E-state index in [-0.39, 0.29) is 22.4 Å². The molecule has 2 rings (SSSR count). The van der Waals surface area contributed by atoms with Gasteiger partial charge in [-0.3, -0.25) is 0 Å². The Kier molecular flexibility index (Phi) is 5.01. The fraction of sp³-hybridized carbons (Fsp3) is 0.538. The fourth-order valence-electron chi connectivity index (χ4n) is 2.12. The van der Waals surface area contributed by atoms with Crippen LogP contribution in [0.25, 0.3) is 0 Å². The van der Waals surface area contributed by atoms with Crippen molar-refractivity contribution in [2.45, 2.75) is 30.2 Å². The first-order valence-electron chi connectivity index (χ1n) is 6.45. The van der Waals surface area contributed by atoms with Crippen LogP contribution in [0.1, 0.15) is 18.9 Å². The summed E-state index contributed by atoms with van der Waals surface area (Å²) in [7, 11) is -3.63. The van der Waals surface area contributed by atoms with Gasteiger partial charge >= 0.3 is 0 Å². The van der Waals surface area contributed by atoms with Crippen molar-refractivity contribution in [3.63, 3.8) is 0 Å². The summed E-state index contributed by atoms with van der Waals surface area (Å²) in [5.41, 5.74) is 0.188. The number of sulfonamides is 1. The molecule has 1 aliphatic heterocycles. The Morgan fingerprint density at radius 1 is 1.50 bits per heavy atom. The highest BCUT2D eigenvalue weighted by atomic mass is 35.5. The summed E-state index contributed by atoms with van der Waals surface area (Å²) in [5.74, 6) is -0.553. The van der Waals surface area contributed by atoms with E-state index in [0.717, 1.165) is 12.5 Å². The quantitative estimate of drug-likeness (QED) is 0.800. The number of morpholine rings is 1. The number of hydrogen-bond acceptors (Lipinski definition) is 3. The molecule has 1 saturated heterocycles. The Morgan fingerprint density at radius 3 is 2.90 bits per heavy atom. The predicted octanol–water partition coefficient (Wildman–Crippen LogP) is 2.36. The topological polar surface area (TPSA) is 46.6 Å². The second-order valence-corrected chi connectivity index (χ2v) is 6.86. The molecule has 0 aliphatic carbocycles. The Hall–Kier alpha value is -0.690. The van der Waals surface area contributed by atoms with Crippen LogP contribution in [0.15, 0.2) is 23.1 Å². The average Bonchev–Trinajstić information content (AvgIpc) is 2.47. The first-order valence-corrected chi connectivity index (χ1v) is 8.42. The third-order valence-electron chi connectivity index (χ3n) is 3.36. The molecule has 112 valence electrons. The molecular weight excluding hydrogens is 305 g/mol. The van der Waals surface area contributed by atoms with Gasteiger partial charge in [-0.15, -0.1) is 11.6 Å². The van der Waals surface area contributed by atoms with Crippen LogP contribution in [0, 0.1) is 5.82 Å². The minimum Gasteiger partial charge on any atom is -0.375 e. The van der Waals surface area contributed by atoms with E-state index in [1.165, 1.54) is 16.4 Å². The van der Waals surface area contributed by atoms with Crippen LogP contribution in [-0.4, -0.2) is 38.5 Å². The lowest BCUT2D eigenvalue weighted by atomic mass is 10.2. The van der Waals surface area contributed by atoms with Gasteiger partial charge < -0.3 is 4.74 Å². The van der Waals surface area contributed by atoms with Gasteiger partial charge in [0.2, 0.25) is 10.0 Å². The van der Waals surface area contributed by atoms with Crippen LogP contribution >= 0.6 is 11.6 Å². The molecule has 0 spiro atoms. The van der Waals surface area contributed by atoms with E-state index >= 15 is 0 Å². The molecule has 4 nitrogen and oxygen atoms in total. The summed E-state index contributed by atoms with van der Waals surface area (Å²) in [4.78, 5) is 0.0753. The van der Waals surface area contributed by atoms with Crippen molar-refractivity contribution in [2.75, 3.05) is 19.7 Å². The Bertz CT molecular complexity index is 579. The zero-order valence-corrected chi connectivity index (χ0v) is 12.8. The van der Waals surface area contributed by atoms with Gasteiger partial charge in [-0.1, -0.05) is 6.92 Å². The molecule has 7 heteroatoms. The maximum absolute atomic E-state index is 13.4. The van der Waals surface area contributed by atoms with Crippen LogP contribution in [-0.2, 0) is 20.6 Å². The summed E-state index contributed by atoms with van der Waals surface area (Å²) >= 11 is 5.62. The molecule has 1 atom stereocenters. The Balaban J connectivity index is 2.30. The van der Waals surface area contributed by atoms with Gasteiger partial charge in [-0.25, -0.2) is 12.8 Å². The van der Waals surface area contributed by atoms with Crippen LogP contribution in [0.2, 0.25) is 0 Å². The van der Waals surface area contributed by atoms with E-state index in [0.29, 0.717) is 19.7 Å². The van der Waals surface area contributed by atoms with Crippen molar-refractivity contribution in [3.8, 4) is 0 Å². The molecule has 0 saturated carbocycles. The van der Waals surface area contributed by atoms with Gasteiger partial charge in [0, 0.05) is 18.7 Å². The van der Waals surface area contributed by atoms with Gasteiger partial charge in [0.15, 0.2) is 0 Å². The van der Waals surface area contributed by atoms with E-state index in [9.17, 15) is 12.8 Å². The summed E-state index contributed by atoms with van der Waals surface area (Å²) in [6.07, 6.45) is 0.661. The van der Waals surface area contributed by atoms with Crippen molar-refractivity contribution < 1.29 is 17.5 Å². The van der Waals surface area contributed by atoms with Crippen LogP contribution in [0.3, 0.4) is 0 Å². The maximum atomic E-state index is 13.4. The number of alkyl halides is 1. The largest absolute Gasteiger partial charge is 0.375 e. The van der Waals surface area contributed by atoms with Gasteiger partial charge in [0.1, 0.15) is 5.82 Å². The number of ether oxygens (including phenoxy) is 1. The third-order valence-corrected chi connectivity index (χ3v) is 5.50. The van der Waals surface area contributed by atoms with Crippen LogP contribution in [0.5, 0.6) is 0 Å². The van der Waals surface area contributed by atoms with E-state index < -0.39 is 15.8 Å². The molecule has 1 aliphatic rings. The van der Waals surface area contributed by atoms with Crippen molar-refractivity contribution in [3.05, 3.63) is 29.6 Å². The molecule has 1 fully saturated rings. The molecule has 0 bridgehead atoms. The SMILES string of the molecule is CCC1CN(S(=O)(=O)c2ccc(F)c(CCl)c2)CCO1. The maximum Gasteiger partial charge on any atom is 0.243 e. The number of rotatable bonds is 4. The van der Waals surface area contributed by atoms with E-state index in [4.69, 9.17) is 16.3 Å². The van der Waals surface area contributed by atoms with Crippen molar-refractivity contribution in [1.29, 1.82) is 0 Å². The summed E-state index contributed by atoms with van der Waals surface area (Å²) in [6, 6.07) is 3.72. The molecule has 0 radical (unpaired) electrons. The van der Waals surface area contributed by atoms with Gasteiger partial charge in [-0.05, 0) is 24.6 Å². The molecule has 20 heavy (non-hydrogen) atoms. The number of benzene rings is 1. The lowest BCUT2D eigenvalue weighted by molar-refractivity contribution is -0.00278. The molecule has 1 heterocycles.